The van der Waals surface area contributed by atoms with E-state index in [1.54, 1.807) is 11.3 Å². The molecule has 6 amide bonds. The van der Waals surface area contributed by atoms with Gasteiger partial charge in [-0.2, -0.15) is 0 Å². The van der Waals surface area contributed by atoms with Gasteiger partial charge < -0.3 is 15.4 Å². The first-order valence-corrected chi connectivity index (χ1v) is 19.6. The summed E-state index contributed by atoms with van der Waals surface area (Å²) in [6.07, 6.45) is 2.24. The first kappa shape index (κ1) is 38.5. The third-order valence-electron chi connectivity index (χ3n) is 10.1. The summed E-state index contributed by atoms with van der Waals surface area (Å²) in [6.45, 7) is 6.82. The van der Waals surface area contributed by atoms with Crippen molar-refractivity contribution in [3.8, 4) is 10.8 Å². The molecule has 17 heteroatoms. The van der Waals surface area contributed by atoms with Crippen LogP contribution in [0.1, 0.15) is 105 Å². The minimum atomic E-state index is -1.13. The number of ether oxygens (including phenoxy) is 1. The number of fused-ring (bicyclic) bond motifs is 4. The molecule has 3 aliphatic heterocycles. The summed E-state index contributed by atoms with van der Waals surface area (Å²) in [6, 6.07) is 10.2. The van der Waals surface area contributed by atoms with Crippen molar-refractivity contribution >= 4 is 64.3 Å². The van der Waals surface area contributed by atoms with E-state index in [1.807, 2.05) is 35.8 Å². The number of benzene rings is 2. The van der Waals surface area contributed by atoms with Crippen molar-refractivity contribution in [2.24, 2.45) is 4.99 Å². The van der Waals surface area contributed by atoms with Crippen LogP contribution in [0.3, 0.4) is 0 Å². The van der Waals surface area contributed by atoms with Gasteiger partial charge in [0, 0.05) is 40.5 Å². The summed E-state index contributed by atoms with van der Waals surface area (Å²) in [4.78, 5) is 83.2. The molecule has 5 heterocycles. The van der Waals surface area contributed by atoms with E-state index in [4.69, 9.17) is 21.3 Å². The second-order valence-corrected chi connectivity index (χ2v) is 15.5. The van der Waals surface area contributed by atoms with E-state index in [0.29, 0.717) is 30.4 Å². The standard InChI is InChI=1S/C39H39ClN8O7S/c1-20-21(2)56-38-31(20)33(23-11-13-24(40)14-12-23)43-26(34-46-45-22(3)47(34)38)19-30(50)41-17-6-4-5-7-18-42-39(54)55-28-10-8-9-25-32(28)37(53)48(36(25)52)27-15-16-29(49)44-35(27)51/h8-14,26-27H,4-7,15-19H2,1-3H3,(H,41,50)(H,42,54)(H,44,49,51)/t26-,27?/m0/s1. The van der Waals surface area contributed by atoms with Gasteiger partial charge in [0.25, 0.3) is 11.8 Å². The number of carbonyl (C=O) groups is 6. The lowest BCUT2D eigenvalue weighted by atomic mass is 9.99. The Labute approximate surface area is 330 Å². The Morgan fingerprint density at radius 2 is 1.66 bits per heavy atom. The van der Waals surface area contributed by atoms with Gasteiger partial charge >= 0.3 is 6.09 Å². The molecule has 0 radical (unpaired) electrons. The Hall–Kier alpha value is -5.74. The fourth-order valence-corrected chi connectivity index (χ4v) is 8.45. The van der Waals surface area contributed by atoms with Gasteiger partial charge in [0.15, 0.2) is 5.82 Å². The van der Waals surface area contributed by atoms with Gasteiger partial charge in [-0.15, -0.1) is 21.5 Å². The van der Waals surface area contributed by atoms with Crippen LogP contribution in [0.15, 0.2) is 47.5 Å². The smallest absolute Gasteiger partial charge is 0.409 e. The number of halogens is 1. The SMILES string of the molecule is Cc1sc2c(c1C)C(c1ccc(Cl)cc1)=N[C@@H](CC(=O)NCCCCCCNC(=O)Oc1cccc3c1C(=O)N(C1CCC(=O)NC1=O)C3=O)c1nnc(C)n1-2. The van der Waals surface area contributed by atoms with Crippen molar-refractivity contribution in [1.29, 1.82) is 0 Å². The van der Waals surface area contributed by atoms with Crippen LogP contribution < -0.4 is 20.7 Å². The first-order valence-electron chi connectivity index (χ1n) is 18.4. The number of nitrogens with zero attached hydrogens (tertiary/aromatic N) is 5. The van der Waals surface area contributed by atoms with Crippen molar-refractivity contribution in [3.05, 3.63) is 91.8 Å². The quantitative estimate of drug-likeness (QED) is 0.130. The van der Waals surface area contributed by atoms with Crippen molar-refractivity contribution in [2.75, 3.05) is 13.1 Å². The number of hydrogen-bond acceptors (Lipinski definition) is 11. The van der Waals surface area contributed by atoms with E-state index in [0.717, 1.165) is 62.3 Å². The maximum Gasteiger partial charge on any atom is 0.412 e. The zero-order valence-corrected chi connectivity index (χ0v) is 32.5. The molecule has 7 rings (SSSR count). The number of amides is 6. The Morgan fingerprint density at radius 1 is 0.929 bits per heavy atom. The predicted molar refractivity (Wildman–Crippen MR) is 207 cm³/mol. The Kier molecular flexibility index (Phi) is 11.1. The minimum absolute atomic E-state index is 0.00458. The molecule has 1 unspecified atom stereocenters. The third kappa shape index (κ3) is 7.58. The zero-order chi connectivity index (χ0) is 39.7. The molecular formula is C39H39ClN8O7S. The van der Waals surface area contributed by atoms with E-state index in [-0.39, 0.29) is 42.0 Å². The molecule has 1 fully saturated rings. The van der Waals surface area contributed by atoms with E-state index < -0.39 is 41.8 Å². The maximum atomic E-state index is 13.3. The van der Waals surface area contributed by atoms with Gasteiger partial charge in [0.2, 0.25) is 17.7 Å². The lowest BCUT2D eigenvalue weighted by molar-refractivity contribution is -0.136. The number of aromatic nitrogens is 3. The Balaban J connectivity index is 0.878. The molecule has 3 aliphatic rings. The average molecular weight is 799 g/mol. The first-order chi connectivity index (χ1) is 26.9. The van der Waals surface area contributed by atoms with Crippen molar-refractivity contribution in [1.82, 2.24) is 35.6 Å². The summed E-state index contributed by atoms with van der Waals surface area (Å²) in [5.74, 6) is -1.58. The average Bonchev–Trinajstić information content (AvgIpc) is 3.74. The monoisotopic (exact) mass is 798 g/mol. The summed E-state index contributed by atoms with van der Waals surface area (Å²) in [7, 11) is 0. The lowest BCUT2D eigenvalue weighted by Gasteiger charge is -2.27. The molecule has 2 aromatic carbocycles. The Bertz CT molecular complexity index is 2300. The number of thiophene rings is 1. The molecule has 2 atom stereocenters. The highest BCUT2D eigenvalue weighted by atomic mass is 35.5. The number of unbranched alkanes of at least 4 members (excludes halogenated alkanes) is 3. The number of carbonyl (C=O) groups excluding carboxylic acids is 6. The molecule has 1 saturated heterocycles. The highest BCUT2D eigenvalue weighted by molar-refractivity contribution is 7.15. The van der Waals surface area contributed by atoms with Crippen LogP contribution >= 0.6 is 22.9 Å². The number of rotatable bonds is 12. The van der Waals surface area contributed by atoms with Gasteiger partial charge in [-0.05, 0) is 69.9 Å². The van der Waals surface area contributed by atoms with Crippen LogP contribution in [0.4, 0.5) is 4.79 Å². The summed E-state index contributed by atoms with van der Waals surface area (Å²) in [5.41, 5.74) is 3.70. The second kappa shape index (κ2) is 16.2. The number of hydrogen-bond donors (Lipinski definition) is 3. The fraction of sp³-hybridized carbons (Fsp3) is 0.359. The minimum Gasteiger partial charge on any atom is -0.409 e. The topological polar surface area (TPSA) is 194 Å². The normalized spacial score (nSPS) is 17.4. The number of nitrogens with one attached hydrogen (secondary N) is 3. The molecule has 15 nitrogen and oxygen atoms in total. The highest BCUT2D eigenvalue weighted by Crippen LogP contribution is 2.40. The fourth-order valence-electron chi connectivity index (χ4n) is 7.11. The van der Waals surface area contributed by atoms with Gasteiger partial charge in [-0.1, -0.05) is 42.6 Å². The summed E-state index contributed by atoms with van der Waals surface area (Å²) < 4.78 is 7.42. The van der Waals surface area contributed by atoms with Gasteiger partial charge in [0.1, 0.15) is 28.7 Å². The van der Waals surface area contributed by atoms with Gasteiger partial charge in [-0.3, -0.25) is 43.7 Å². The number of imide groups is 2. The number of aliphatic imine (C=N–C) groups is 1. The second-order valence-electron chi connectivity index (χ2n) is 13.8. The largest absolute Gasteiger partial charge is 0.412 e. The van der Waals surface area contributed by atoms with Gasteiger partial charge in [-0.25, -0.2) is 4.79 Å². The van der Waals surface area contributed by atoms with Crippen LogP contribution in [0.2, 0.25) is 5.02 Å². The molecule has 2 aromatic heterocycles. The Morgan fingerprint density at radius 3 is 2.39 bits per heavy atom. The molecular weight excluding hydrogens is 760 g/mol. The predicted octanol–water partition coefficient (Wildman–Crippen LogP) is 5.06. The van der Waals surface area contributed by atoms with E-state index in [1.165, 1.54) is 18.2 Å². The molecule has 0 saturated carbocycles. The third-order valence-corrected chi connectivity index (χ3v) is 11.5. The number of aryl methyl sites for hydroxylation is 2. The molecule has 56 heavy (non-hydrogen) atoms. The lowest BCUT2D eigenvalue weighted by Crippen LogP contribution is -2.54. The summed E-state index contributed by atoms with van der Waals surface area (Å²) >= 11 is 7.86. The van der Waals surface area contributed by atoms with Crippen molar-refractivity contribution in [2.45, 2.75) is 77.8 Å². The van der Waals surface area contributed by atoms with Crippen LogP contribution in [-0.4, -0.2) is 80.1 Å². The van der Waals surface area contributed by atoms with Crippen molar-refractivity contribution in [3.63, 3.8) is 0 Å². The highest BCUT2D eigenvalue weighted by Gasteiger charge is 2.46. The van der Waals surface area contributed by atoms with Gasteiger partial charge in [0.05, 0.1) is 23.3 Å². The van der Waals surface area contributed by atoms with Crippen LogP contribution in [0.5, 0.6) is 5.75 Å². The van der Waals surface area contributed by atoms with Crippen molar-refractivity contribution < 1.29 is 33.5 Å². The number of piperidine rings is 1. The molecule has 0 bridgehead atoms. The zero-order valence-electron chi connectivity index (χ0n) is 30.9. The van der Waals surface area contributed by atoms with Crippen LogP contribution in [-0.2, 0) is 14.4 Å². The van der Waals surface area contributed by atoms with E-state index in [9.17, 15) is 28.8 Å². The van der Waals surface area contributed by atoms with E-state index in [2.05, 4.69) is 40.0 Å². The van der Waals surface area contributed by atoms with E-state index >= 15 is 0 Å². The molecule has 290 valence electrons. The maximum absolute atomic E-state index is 13.3. The molecule has 3 N–H and O–H groups in total. The summed E-state index contributed by atoms with van der Waals surface area (Å²) in [5, 5.41) is 18.2. The van der Waals surface area contributed by atoms with Crippen LogP contribution in [0.25, 0.3) is 5.00 Å². The molecule has 0 spiro atoms. The molecule has 4 aromatic rings. The van der Waals surface area contributed by atoms with Crippen LogP contribution in [0, 0.1) is 20.8 Å². The molecule has 0 aliphatic carbocycles.